The Morgan fingerprint density at radius 3 is 2.32 bits per heavy atom. The number of halogens is 7. The van der Waals surface area contributed by atoms with Gasteiger partial charge < -0.3 is 10.5 Å². The number of anilines is 1. The average Bonchev–Trinajstić information content (AvgIpc) is 2.70. The van der Waals surface area contributed by atoms with E-state index in [0.29, 0.717) is 6.20 Å². The van der Waals surface area contributed by atoms with Gasteiger partial charge in [-0.1, -0.05) is 0 Å². The highest BCUT2D eigenvalue weighted by Crippen LogP contribution is 2.42. The number of pyridine rings is 1. The van der Waals surface area contributed by atoms with Crippen molar-refractivity contribution in [3.05, 3.63) is 46.9 Å². The zero-order valence-corrected chi connectivity index (χ0v) is 18.0. The number of Topliss-reactive ketones (excluding diaryl/α,β-unsaturated/α-hetero) is 1. The van der Waals surface area contributed by atoms with Crippen molar-refractivity contribution in [1.29, 1.82) is 0 Å². The Bertz CT molecular complexity index is 1160. The fourth-order valence-electron chi connectivity index (χ4n) is 3.27. The normalized spacial score (nSPS) is 23.5. The molecule has 3 heterocycles. The van der Waals surface area contributed by atoms with Crippen LogP contribution in [0, 0.1) is 5.82 Å². The molecule has 2 atom stereocenters. The minimum atomic E-state index is -4.81. The molecule has 184 valence electrons. The maximum atomic E-state index is 14.6. The van der Waals surface area contributed by atoms with Gasteiger partial charge in [-0.15, -0.1) is 0 Å². The van der Waals surface area contributed by atoms with E-state index in [0.717, 1.165) is 26.0 Å². The number of aliphatic imine (C=N–C) groups is 1. The molecule has 0 fully saturated rings. The molecular formula is C20H18F7N5O2. The lowest BCUT2D eigenvalue weighted by Gasteiger charge is -2.41. The molecule has 7 nitrogen and oxygen atoms in total. The van der Waals surface area contributed by atoms with Crippen LogP contribution in [0.2, 0.25) is 0 Å². The van der Waals surface area contributed by atoms with E-state index in [2.05, 4.69) is 19.9 Å². The number of aromatic nitrogens is 3. The predicted molar refractivity (Wildman–Crippen MR) is 105 cm³/mol. The first-order valence-corrected chi connectivity index (χ1v) is 9.64. The first-order chi connectivity index (χ1) is 15.5. The number of rotatable bonds is 4. The van der Waals surface area contributed by atoms with E-state index >= 15 is 0 Å². The van der Waals surface area contributed by atoms with Gasteiger partial charge in [-0.2, -0.15) is 26.3 Å². The van der Waals surface area contributed by atoms with Crippen molar-refractivity contribution in [2.75, 3.05) is 12.3 Å². The minimum Gasteiger partial charge on any atom is -0.382 e. The summed E-state index contributed by atoms with van der Waals surface area (Å²) in [6, 6.07) is 2.08. The lowest BCUT2D eigenvalue weighted by Crippen LogP contribution is -2.56. The molecule has 14 heteroatoms. The molecule has 0 spiro atoms. The van der Waals surface area contributed by atoms with Crippen molar-refractivity contribution < 1.29 is 40.3 Å². The molecule has 0 amide bonds. The van der Waals surface area contributed by atoms with E-state index < -0.39 is 71.0 Å². The number of nitrogen functional groups attached to an aromatic ring is 1. The second kappa shape index (κ2) is 8.25. The molecule has 2 aromatic heterocycles. The molecular weight excluding hydrogens is 475 g/mol. The third kappa shape index (κ3) is 4.58. The van der Waals surface area contributed by atoms with Gasteiger partial charge >= 0.3 is 12.4 Å². The van der Waals surface area contributed by atoms with Gasteiger partial charge in [0.25, 0.3) is 0 Å². The van der Waals surface area contributed by atoms with Gasteiger partial charge in [0, 0.05) is 5.69 Å². The SMILES string of the molecule is CC1=N[C@](C)(c2nc(CC(=O)c3ncc(C(F)(F)F)nc3N)ccc2F)CO[C@@]1(C)C(F)(F)F. The van der Waals surface area contributed by atoms with E-state index in [4.69, 9.17) is 10.5 Å². The lowest BCUT2D eigenvalue weighted by atomic mass is 9.91. The summed E-state index contributed by atoms with van der Waals surface area (Å²) in [6.07, 6.45) is -9.76. The van der Waals surface area contributed by atoms with Crippen molar-refractivity contribution >= 4 is 17.3 Å². The van der Waals surface area contributed by atoms with Crippen LogP contribution in [-0.4, -0.2) is 44.8 Å². The second-order valence-corrected chi connectivity index (χ2v) is 8.01. The second-order valence-electron chi connectivity index (χ2n) is 8.01. The Labute approximate surface area is 188 Å². The Balaban J connectivity index is 1.91. The Kier molecular flexibility index (Phi) is 6.18. The minimum absolute atomic E-state index is 0.0410. The number of hydrogen-bond acceptors (Lipinski definition) is 7. The molecule has 0 aromatic carbocycles. The van der Waals surface area contributed by atoms with Gasteiger partial charge in [0.1, 0.15) is 22.7 Å². The van der Waals surface area contributed by atoms with Gasteiger partial charge in [-0.25, -0.2) is 14.4 Å². The van der Waals surface area contributed by atoms with E-state index in [1.165, 1.54) is 6.92 Å². The quantitative estimate of drug-likeness (QED) is 0.509. The molecule has 0 saturated carbocycles. The molecule has 0 bridgehead atoms. The first kappa shape index (κ1) is 25.5. The Morgan fingerprint density at radius 2 is 1.79 bits per heavy atom. The summed E-state index contributed by atoms with van der Waals surface area (Å²) in [5, 5.41) is 0. The zero-order valence-electron chi connectivity index (χ0n) is 18.0. The molecule has 1 aliphatic rings. The standard InChI is InChI=1S/C20H18F7N5O2/c1-9-18(3,20(25,26)27)34-8-17(2,32-9)15-11(21)5-4-10(30-15)6-12(33)14-16(28)31-13(7-29-14)19(22,23)24/h4-5,7H,6,8H2,1-3H3,(H2,28,31)/t17-,18+/m0/s1. The number of ether oxygens (including phenoxy) is 1. The van der Waals surface area contributed by atoms with Gasteiger partial charge in [0.05, 0.1) is 24.9 Å². The fraction of sp³-hybridized carbons (Fsp3) is 0.450. The largest absolute Gasteiger partial charge is 0.434 e. The Morgan fingerprint density at radius 1 is 1.15 bits per heavy atom. The van der Waals surface area contributed by atoms with Crippen LogP contribution in [0.1, 0.15) is 48.3 Å². The monoisotopic (exact) mass is 493 g/mol. The Hall–Kier alpha value is -3.16. The average molecular weight is 493 g/mol. The highest BCUT2D eigenvalue weighted by Gasteiger charge is 2.58. The van der Waals surface area contributed by atoms with E-state index in [9.17, 15) is 35.5 Å². The van der Waals surface area contributed by atoms with Crippen molar-refractivity contribution in [2.24, 2.45) is 4.99 Å². The third-order valence-electron chi connectivity index (χ3n) is 5.40. The van der Waals surface area contributed by atoms with Crippen molar-refractivity contribution in [3.63, 3.8) is 0 Å². The van der Waals surface area contributed by atoms with E-state index in [1.54, 1.807) is 0 Å². The highest BCUT2D eigenvalue weighted by atomic mass is 19.4. The molecule has 2 N–H and O–H groups in total. The summed E-state index contributed by atoms with van der Waals surface area (Å²) < 4.78 is 97.9. The topological polar surface area (TPSA) is 103 Å². The van der Waals surface area contributed by atoms with Gasteiger partial charge in [0.15, 0.2) is 22.9 Å². The van der Waals surface area contributed by atoms with Crippen molar-refractivity contribution in [2.45, 2.75) is 50.7 Å². The predicted octanol–water partition coefficient (Wildman–Crippen LogP) is 4.06. The number of ketones is 1. The molecule has 1 aliphatic heterocycles. The third-order valence-corrected chi connectivity index (χ3v) is 5.40. The zero-order chi connectivity index (χ0) is 25.7. The molecule has 0 saturated heterocycles. The van der Waals surface area contributed by atoms with Crippen LogP contribution in [0.25, 0.3) is 0 Å². The number of nitrogens with zero attached hydrogens (tertiary/aromatic N) is 4. The van der Waals surface area contributed by atoms with Crippen LogP contribution in [0.15, 0.2) is 23.3 Å². The van der Waals surface area contributed by atoms with E-state index in [1.807, 2.05) is 0 Å². The van der Waals surface area contributed by atoms with Crippen molar-refractivity contribution in [3.8, 4) is 0 Å². The molecule has 0 unspecified atom stereocenters. The van der Waals surface area contributed by atoms with Gasteiger partial charge in [-0.3, -0.25) is 14.8 Å². The summed E-state index contributed by atoms with van der Waals surface area (Å²) in [5.74, 6) is -2.50. The maximum absolute atomic E-state index is 14.6. The number of nitrogens with two attached hydrogens (primary N) is 1. The number of carbonyl (C=O) groups excluding carboxylic acids is 1. The highest BCUT2D eigenvalue weighted by molar-refractivity contribution is 5.99. The molecule has 0 radical (unpaired) electrons. The summed E-state index contributed by atoms with van der Waals surface area (Å²) in [7, 11) is 0. The van der Waals surface area contributed by atoms with Gasteiger partial charge in [-0.05, 0) is 32.9 Å². The fourth-order valence-corrected chi connectivity index (χ4v) is 3.27. The first-order valence-electron chi connectivity index (χ1n) is 9.64. The van der Waals surface area contributed by atoms with E-state index in [-0.39, 0.29) is 11.4 Å². The van der Waals surface area contributed by atoms with Crippen LogP contribution >= 0.6 is 0 Å². The summed E-state index contributed by atoms with van der Waals surface area (Å²) in [4.78, 5) is 27.1. The summed E-state index contributed by atoms with van der Waals surface area (Å²) >= 11 is 0. The summed E-state index contributed by atoms with van der Waals surface area (Å²) in [6.45, 7) is 2.57. The van der Waals surface area contributed by atoms with Crippen LogP contribution < -0.4 is 5.73 Å². The van der Waals surface area contributed by atoms with Crippen LogP contribution in [0.4, 0.5) is 36.6 Å². The van der Waals surface area contributed by atoms with Crippen molar-refractivity contribution in [1.82, 2.24) is 15.0 Å². The summed E-state index contributed by atoms with van der Waals surface area (Å²) in [5.41, 5.74) is -1.62. The van der Waals surface area contributed by atoms with Gasteiger partial charge in [0.2, 0.25) is 0 Å². The molecule has 2 aromatic rings. The number of carbonyl (C=O) groups is 1. The van der Waals surface area contributed by atoms with Crippen LogP contribution in [0.5, 0.6) is 0 Å². The van der Waals surface area contributed by atoms with Crippen LogP contribution in [-0.2, 0) is 22.9 Å². The maximum Gasteiger partial charge on any atom is 0.434 e. The number of alkyl halides is 6. The van der Waals surface area contributed by atoms with Crippen LogP contribution in [0.3, 0.4) is 0 Å². The lowest BCUT2D eigenvalue weighted by molar-refractivity contribution is -0.249. The molecule has 3 rings (SSSR count). The molecule has 34 heavy (non-hydrogen) atoms. The smallest absolute Gasteiger partial charge is 0.382 e. The molecule has 0 aliphatic carbocycles. The number of hydrogen-bond donors (Lipinski definition) is 1.